The highest BCUT2D eigenvalue weighted by Crippen LogP contribution is 2.29. The molecule has 1 aromatic carbocycles. The summed E-state index contributed by atoms with van der Waals surface area (Å²) in [5.74, 6) is -1.11. The van der Waals surface area contributed by atoms with E-state index in [4.69, 9.17) is 16.3 Å². The van der Waals surface area contributed by atoms with Crippen LogP contribution in [0.1, 0.15) is 18.4 Å². The summed E-state index contributed by atoms with van der Waals surface area (Å²) in [6, 6.07) is 9.61. The Labute approximate surface area is 190 Å². The maximum absolute atomic E-state index is 13.7. The van der Waals surface area contributed by atoms with Gasteiger partial charge in [-0.05, 0) is 42.7 Å². The standard InChI is InChI=1S/C22H21ClFN3O4S/c1-32(29,30)21-19(3-2-8-25-21)27(22(28)15-6-9-31-10-7-15)13-14-4-5-16-12-17(24)20(23)26-18(16)11-14/h2-5,8,11-12,15H,6-7,9-10,13H2,1H3. The Bertz CT molecular complexity index is 1280. The van der Waals surface area contributed by atoms with Crippen molar-refractivity contribution in [2.75, 3.05) is 24.4 Å². The predicted octanol–water partition coefficient (Wildman–Crippen LogP) is 3.79. The minimum Gasteiger partial charge on any atom is -0.381 e. The average molecular weight is 478 g/mol. The molecule has 1 amide bonds. The number of nitrogens with zero attached hydrogens (tertiary/aromatic N) is 3. The number of fused-ring (bicyclic) bond motifs is 1. The number of hydrogen-bond acceptors (Lipinski definition) is 6. The van der Waals surface area contributed by atoms with E-state index < -0.39 is 15.7 Å². The topological polar surface area (TPSA) is 89.5 Å². The smallest absolute Gasteiger partial charge is 0.230 e. The summed E-state index contributed by atoms with van der Waals surface area (Å²) in [6.07, 6.45) is 3.55. The Morgan fingerprint density at radius 3 is 2.72 bits per heavy atom. The maximum atomic E-state index is 13.7. The van der Waals surface area contributed by atoms with Gasteiger partial charge in [0.1, 0.15) is 0 Å². The number of amides is 1. The molecule has 1 aliphatic heterocycles. The Hall–Kier alpha value is -2.62. The molecular weight excluding hydrogens is 457 g/mol. The number of hydrogen-bond donors (Lipinski definition) is 0. The van der Waals surface area contributed by atoms with E-state index in [9.17, 15) is 17.6 Å². The van der Waals surface area contributed by atoms with E-state index in [1.54, 1.807) is 30.3 Å². The van der Waals surface area contributed by atoms with Crippen LogP contribution in [-0.2, 0) is 25.9 Å². The summed E-state index contributed by atoms with van der Waals surface area (Å²) in [6.45, 7) is 1.04. The average Bonchev–Trinajstić information content (AvgIpc) is 2.78. The third kappa shape index (κ3) is 4.74. The monoisotopic (exact) mass is 477 g/mol. The van der Waals surface area contributed by atoms with Crippen molar-refractivity contribution in [2.24, 2.45) is 5.92 Å². The second-order valence-corrected chi connectivity index (χ2v) is 9.99. The number of sulfone groups is 1. The van der Waals surface area contributed by atoms with Crippen LogP contribution in [0.2, 0.25) is 5.15 Å². The highest BCUT2D eigenvalue weighted by atomic mass is 35.5. The van der Waals surface area contributed by atoms with E-state index >= 15 is 0 Å². The SMILES string of the molecule is CS(=O)(=O)c1ncccc1N(Cc1ccc2cc(F)c(Cl)nc2c1)C(=O)C1CCOCC1. The van der Waals surface area contributed by atoms with Gasteiger partial charge >= 0.3 is 0 Å². The fourth-order valence-electron chi connectivity index (χ4n) is 3.76. The molecule has 7 nitrogen and oxygen atoms in total. The van der Waals surface area contributed by atoms with Gasteiger partial charge in [0.15, 0.2) is 25.8 Å². The molecule has 2 aromatic heterocycles. The summed E-state index contributed by atoms with van der Waals surface area (Å²) < 4.78 is 43.8. The van der Waals surface area contributed by atoms with Crippen molar-refractivity contribution in [1.82, 2.24) is 9.97 Å². The van der Waals surface area contributed by atoms with Crippen molar-refractivity contribution in [1.29, 1.82) is 0 Å². The first-order valence-electron chi connectivity index (χ1n) is 10.0. The van der Waals surface area contributed by atoms with Crippen molar-refractivity contribution < 1.29 is 22.3 Å². The molecule has 0 spiro atoms. The quantitative estimate of drug-likeness (QED) is 0.519. The minimum atomic E-state index is -3.68. The zero-order valence-corrected chi connectivity index (χ0v) is 18.9. The van der Waals surface area contributed by atoms with Gasteiger partial charge in [0.05, 0.1) is 17.7 Å². The number of ether oxygens (including phenoxy) is 1. The number of carbonyl (C=O) groups is 1. The zero-order valence-electron chi connectivity index (χ0n) is 17.3. The molecule has 1 aliphatic rings. The molecule has 10 heteroatoms. The van der Waals surface area contributed by atoms with E-state index in [1.165, 1.54) is 17.2 Å². The molecule has 1 saturated heterocycles. The number of halogens is 2. The lowest BCUT2D eigenvalue weighted by Gasteiger charge is -2.30. The molecular formula is C22H21ClFN3O4S. The molecule has 3 heterocycles. The molecule has 32 heavy (non-hydrogen) atoms. The highest BCUT2D eigenvalue weighted by molar-refractivity contribution is 7.90. The molecule has 0 unspecified atom stereocenters. The Morgan fingerprint density at radius 2 is 2.00 bits per heavy atom. The van der Waals surface area contributed by atoms with Crippen LogP contribution in [0.4, 0.5) is 10.1 Å². The van der Waals surface area contributed by atoms with Crippen molar-refractivity contribution >= 4 is 43.9 Å². The Morgan fingerprint density at radius 1 is 1.25 bits per heavy atom. The van der Waals surface area contributed by atoms with Gasteiger partial charge < -0.3 is 9.64 Å². The van der Waals surface area contributed by atoms with Crippen LogP contribution in [0, 0.1) is 11.7 Å². The van der Waals surface area contributed by atoms with Gasteiger partial charge in [-0.25, -0.2) is 22.8 Å². The van der Waals surface area contributed by atoms with Crippen LogP contribution < -0.4 is 4.90 Å². The number of pyridine rings is 2. The van der Waals surface area contributed by atoms with E-state index in [1.807, 2.05) is 0 Å². The van der Waals surface area contributed by atoms with Crippen LogP contribution in [0.25, 0.3) is 10.9 Å². The van der Waals surface area contributed by atoms with Crippen LogP contribution in [0.5, 0.6) is 0 Å². The van der Waals surface area contributed by atoms with Crippen molar-refractivity contribution in [3.05, 3.63) is 59.1 Å². The van der Waals surface area contributed by atoms with Crippen LogP contribution >= 0.6 is 11.6 Å². The second kappa shape index (κ2) is 9.09. The molecule has 0 bridgehead atoms. The lowest BCUT2D eigenvalue weighted by atomic mass is 9.98. The zero-order chi connectivity index (χ0) is 22.9. The first kappa shape index (κ1) is 22.6. The lowest BCUT2D eigenvalue weighted by Crippen LogP contribution is -2.39. The molecule has 1 fully saturated rings. The summed E-state index contributed by atoms with van der Waals surface area (Å²) in [5, 5.41) is 0.164. The van der Waals surface area contributed by atoms with Crippen LogP contribution in [-0.4, -0.2) is 43.8 Å². The molecule has 168 valence electrons. The van der Waals surface area contributed by atoms with Gasteiger partial charge in [0.25, 0.3) is 0 Å². The van der Waals surface area contributed by atoms with E-state index in [0.717, 1.165) is 6.26 Å². The third-order valence-corrected chi connectivity index (χ3v) is 6.65. The molecule has 3 aromatic rings. The number of anilines is 1. The Kier molecular flexibility index (Phi) is 6.41. The Balaban J connectivity index is 1.77. The van der Waals surface area contributed by atoms with Gasteiger partial charge in [-0.3, -0.25) is 4.79 Å². The molecule has 0 aliphatic carbocycles. The van der Waals surface area contributed by atoms with Gasteiger partial charge in [0, 0.05) is 37.0 Å². The maximum Gasteiger partial charge on any atom is 0.230 e. The summed E-state index contributed by atoms with van der Waals surface area (Å²) >= 11 is 5.83. The number of benzene rings is 1. The number of carbonyl (C=O) groups excluding carboxylic acids is 1. The number of rotatable bonds is 5. The van der Waals surface area contributed by atoms with Gasteiger partial charge in [-0.1, -0.05) is 23.7 Å². The van der Waals surface area contributed by atoms with Gasteiger partial charge in [0.2, 0.25) is 5.91 Å². The van der Waals surface area contributed by atoms with Crippen LogP contribution in [0.15, 0.2) is 47.6 Å². The summed E-state index contributed by atoms with van der Waals surface area (Å²) in [4.78, 5) is 23.1. The van der Waals surface area contributed by atoms with E-state index in [0.29, 0.717) is 42.5 Å². The molecule has 0 saturated carbocycles. The highest BCUT2D eigenvalue weighted by Gasteiger charge is 2.30. The normalized spacial score (nSPS) is 15.1. The largest absolute Gasteiger partial charge is 0.381 e. The summed E-state index contributed by atoms with van der Waals surface area (Å²) in [7, 11) is -3.68. The van der Waals surface area contributed by atoms with Crippen molar-refractivity contribution in [2.45, 2.75) is 24.4 Å². The van der Waals surface area contributed by atoms with E-state index in [2.05, 4.69) is 9.97 Å². The fraction of sp³-hybridized carbons (Fsp3) is 0.318. The first-order chi connectivity index (χ1) is 15.2. The van der Waals surface area contributed by atoms with E-state index in [-0.39, 0.29) is 34.2 Å². The second-order valence-electron chi connectivity index (χ2n) is 7.70. The molecule has 0 radical (unpaired) electrons. The fourth-order valence-corrected chi connectivity index (χ4v) is 4.72. The lowest BCUT2D eigenvalue weighted by molar-refractivity contribution is -0.125. The van der Waals surface area contributed by atoms with Gasteiger partial charge in [-0.2, -0.15) is 0 Å². The predicted molar refractivity (Wildman–Crippen MR) is 119 cm³/mol. The van der Waals surface area contributed by atoms with Crippen molar-refractivity contribution in [3.8, 4) is 0 Å². The molecule has 0 N–H and O–H groups in total. The third-order valence-electron chi connectivity index (χ3n) is 5.36. The molecule has 4 rings (SSSR count). The van der Waals surface area contributed by atoms with Gasteiger partial charge in [-0.15, -0.1) is 0 Å². The summed E-state index contributed by atoms with van der Waals surface area (Å²) in [5.41, 5.74) is 1.38. The van der Waals surface area contributed by atoms with Crippen LogP contribution in [0.3, 0.4) is 0 Å². The minimum absolute atomic E-state index is 0.0943. The first-order valence-corrected chi connectivity index (χ1v) is 12.3. The van der Waals surface area contributed by atoms with Crippen molar-refractivity contribution in [3.63, 3.8) is 0 Å². The number of aromatic nitrogens is 2. The molecule has 0 atom stereocenters.